The molecule has 3 nitrogen and oxygen atoms in total. The van der Waals surface area contributed by atoms with E-state index in [4.69, 9.17) is 9.47 Å². The normalized spacial score (nSPS) is 19.2. The molecule has 0 spiro atoms. The second kappa shape index (κ2) is 6.74. The summed E-state index contributed by atoms with van der Waals surface area (Å²) < 4.78 is 11.1. The molecule has 1 aromatic carbocycles. The Kier molecular flexibility index (Phi) is 5.60. The molecule has 1 aliphatic rings. The van der Waals surface area contributed by atoms with Crippen molar-refractivity contribution in [3.8, 4) is 5.75 Å². The average molecular weight is 244 g/mol. The third-order valence-corrected chi connectivity index (χ3v) is 2.68. The Bertz CT molecular complexity index is 314. The quantitative estimate of drug-likeness (QED) is 0.878. The van der Waals surface area contributed by atoms with Crippen molar-refractivity contribution in [1.82, 2.24) is 5.32 Å². The molecule has 1 aromatic rings. The number of nitrogens with one attached hydrogen (secondary N) is 1. The van der Waals surface area contributed by atoms with Crippen molar-refractivity contribution < 1.29 is 9.47 Å². The van der Waals surface area contributed by atoms with Crippen molar-refractivity contribution >= 4 is 12.4 Å². The molecule has 0 bridgehead atoms. The summed E-state index contributed by atoms with van der Waals surface area (Å²) in [4.78, 5) is 0. The number of methoxy groups -OCH3 is 1. The summed E-state index contributed by atoms with van der Waals surface area (Å²) in [5.41, 5.74) is 1.12. The highest BCUT2D eigenvalue weighted by Gasteiger charge is 2.15. The monoisotopic (exact) mass is 243 g/mol. The van der Waals surface area contributed by atoms with Gasteiger partial charge < -0.3 is 14.8 Å². The van der Waals surface area contributed by atoms with Crippen molar-refractivity contribution in [2.45, 2.75) is 19.1 Å². The van der Waals surface area contributed by atoms with Crippen LogP contribution in [-0.2, 0) is 11.3 Å². The van der Waals surface area contributed by atoms with Gasteiger partial charge in [-0.15, -0.1) is 12.4 Å². The molecule has 16 heavy (non-hydrogen) atoms. The van der Waals surface area contributed by atoms with E-state index >= 15 is 0 Å². The van der Waals surface area contributed by atoms with Crippen LogP contribution in [0.1, 0.15) is 12.0 Å². The van der Waals surface area contributed by atoms with Gasteiger partial charge in [0.1, 0.15) is 5.75 Å². The van der Waals surface area contributed by atoms with E-state index in [1.165, 1.54) is 0 Å². The lowest BCUT2D eigenvalue weighted by molar-refractivity contribution is 0.0531. The van der Waals surface area contributed by atoms with Gasteiger partial charge in [0.15, 0.2) is 0 Å². The van der Waals surface area contributed by atoms with Crippen LogP contribution in [-0.4, -0.2) is 26.3 Å². The molecule has 1 aliphatic heterocycles. The van der Waals surface area contributed by atoms with Crippen LogP contribution in [0.25, 0.3) is 0 Å². The molecular formula is C12H18ClNO2. The van der Waals surface area contributed by atoms with Gasteiger partial charge in [-0.1, -0.05) is 18.2 Å². The lowest BCUT2D eigenvalue weighted by atomic mass is 10.2. The minimum Gasteiger partial charge on any atom is -0.496 e. The van der Waals surface area contributed by atoms with Gasteiger partial charge in [-0.2, -0.15) is 0 Å². The second-order valence-electron chi connectivity index (χ2n) is 3.74. The van der Waals surface area contributed by atoms with E-state index in [0.29, 0.717) is 12.7 Å². The molecule has 0 radical (unpaired) electrons. The second-order valence-corrected chi connectivity index (χ2v) is 3.74. The van der Waals surface area contributed by atoms with E-state index in [9.17, 15) is 0 Å². The van der Waals surface area contributed by atoms with Gasteiger partial charge in [0.2, 0.25) is 0 Å². The molecule has 1 heterocycles. The predicted molar refractivity (Wildman–Crippen MR) is 66.3 cm³/mol. The van der Waals surface area contributed by atoms with E-state index in [2.05, 4.69) is 5.32 Å². The molecule has 0 aromatic heterocycles. The van der Waals surface area contributed by atoms with Crippen molar-refractivity contribution in [3.63, 3.8) is 0 Å². The molecule has 4 heteroatoms. The fourth-order valence-corrected chi connectivity index (χ4v) is 1.80. The highest BCUT2D eigenvalue weighted by molar-refractivity contribution is 5.85. The van der Waals surface area contributed by atoms with Gasteiger partial charge in [-0.05, 0) is 19.0 Å². The van der Waals surface area contributed by atoms with Crippen LogP contribution in [0.4, 0.5) is 0 Å². The molecule has 0 aliphatic carbocycles. The Labute approximate surface area is 103 Å². The van der Waals surface area contributed by atoms with Gasteiger partial charge >= 0.3 is 0 Å². The topological polar surface area (TPSA) is 30.5 Å². The first-order valence-corrected chi connectivity index (χ1v) is 5.34. The highest BCUT2D eigenvalue weighted by atomic mass is 35.5. The molecule has 1 unspecified atom stereocenters. The van der Waals surface area contributed by atoms with Crippen LogP contribution in [0.15, 0.2) is 24.3 Å². The van der Waals surface area contributed by atoms with Crippen LogP contribution < -0.4 is 10.1 Å². The molecular weight excluding hydrogens is 226 g/mol. The SMILES string of the molecule is COc1ccccc1COC1CCNC1.Cl. The molecule has 0 amide bonds. The molecule has 0 saturated carbocycles. The zero-order chi connectivity index (χ0) is 10.5. The minimum atomic E-state index is 0. The van der Waals surface area contributed by atoms with Crippen LogP contribution in [0.2, 0.25) is 0 Å². The van der Waals surface area contributed by atoms with E-state index in [0.717, 1.165) is 30.8 Å². The molecule has 1 saturated heterocycles. The number of para-hydroxylation sites is 1. The number of ether oxygens (including phenoxy) is 2. The first-order valence-electron chi connectivity index (χ1n) is 5.34. The molecule has 1 atom stereocenters. The van der Waals surface area contributed by atoms with Crippen LogP contribution in [0.5, 0.6) is 5.75 Å². The number of halogens is 1. The molecule has 1 N–H and O–H groups in total. The highest BCUT2D eigenvalue weighted by Crippen LogP contribution is 2.19. The Balaban J connectivity index is 0.00000128. The summed E-state index contributed by atoms with van der Waals surface area (Å²) in [5, 5.41) is 3.28. The first kappa shape index (κ1) is 13.3. The van der Waals surface area contributed by atoms with Crippen molar-refractivity contribution in [1.29, 1.82) is 0 Å². The largest absolute Gasteiger partial charge is 0.496 e. The lowest BCUT2D eigenvalue weighted by Gasteiger charge is -2.12. The molecule has 1 fully saturated rings. The summed E-state index contributed by atoms with van der Waals surface area (Å²) >= 11 is 0. The third kappa shape index (κ3) is 3.37. The Hall–Kier alpha value is -0.770. The first-order chi connectivity index (χ1) is 7.40. The fourth-order valence-electron chi connectivity index (χ4n) is 1.80. The van der Waals surface area contributed by atoms with Crippen molar-refractivity contribution in [2.75, 3.05) is 20.2 Å². The predicted octanol–water partition coefficient (Wildman–Crippen LogP) is 2.00. The van der Waals surface area contributed by atoms with E-state index in [-0.39, 0.29) is 12.4 Å². The van der Waals surface area contributed by atoms with E-state index in [1.807, 2.05) is 24.3 Å². The van der Waals surface area contributed by atoms with Crippen LogP contribution in [0, 0.1) is 0 Å². The van der Waals surface area contributed by atoms with Crippen LogP contribution in [0.3, 0.4) is 0 Å². The van der Waals surface area contributed by atoms with Crippen molar-refractivity contribution in [3.05, 3.63) is 29.8 Å². The molecule has 2 rings (SSSR count). The standard InChI is InChI=1S/C12H17NO2.ClH/c1-14-12-5-3-2-4-10(12)9-15-11-6-7-13-8-11;/h2-5,11,13H,6-9H2,1H3;1H. The smallest absolute Gasteiger partial charge is 0.124 e. The maximum atomic E-state index is 5.79. The van der Waals surface area contributed by atoms with Crippen molar-refractivity contribution in [2.24, 2.45) is 0 Å². The third-order valence-electron chi connectivity index (χ3n) is 2.68. The number of hydrogen-bond acceptors (Lipinski definition) is 3. The van der Waals surface area contributed by atoms with Gasteiger partial charge in [-0.25, -0.2) is 0 Å². The number of rotatable bonds is 4. The Morgan fingerprint density at radius 2 is 2.19 bits per heavy atom. The Morgan fingerprint density at radius 1 is 1.38 bits per heavy atom. The maximum absolute atomic E-state index is 5.79. The summed E-state index contributed by atoms with van der Waals surface area (Å²) in [6.07, 6.45) is 1.46. The average Bonchev–Trinajstić information content (AvgIpc) is 2.79. The Morgan fingerprint density at radius 3 is 2.88 bits per heavy atom. The van der Waals surface area contributed by atoms with Gasteiger partial charge in [0.05, 0.1) is 19.8 Å². The maximum Gasteiger partial charge on any atom is 0.124 e. The van der Waals surface area contributed by atoms with E-state index in [1.54, 1.807) is 7.11 Å². The van der Waals surface area contributed by atoms with E-state index < -0.39 is 0 Å². The molecule has 90 valence electrons. The summed E-state index contributed by atoms with van der Waals surface area (Å²) in [5.74, 6) is 0.906. The summed E-state index contributed by atoms with van der Waals surface area (Å²) in [7, 11) is 1.69. The minimum absolute atomic E-state index is 0. The summed E-state index contributed by atoms with van der Waals surface area (Å²) in [6.45, 7) is 2.67. The summed E-state index contributed by atoms with van der Waals surface area (Å²) in [6, 6.07) is 7.99. The van der Waals surface area contributed by atoms with Crippen LogP contribution >= 0.6 is 12.4 Å². The zero-order valence-electron chi connectivity index (χ0n) is 9.44. The van der Waals surface area contributed by atoms with Gasteiger partial charge in [0.25, 0.3) is 0 Å². The lowest BCUT2D eigenvalue weighted by Crippen LogP contribution is -2.16. The van der Waals surface area contributed by atoms with Gasteiger partial charge in [0, 0.05) is 12.1 Å². The number of hydrogen-bond donors (Lipinski definition) is 1. The fraction of sp³-hybridized carbons (Fsp3) is 0.500. The van der Waals surface area contributed by atoms with Gasteiger partial charge in [-0.3, -0.25) is 0 Å². The number of benzene rings is 1. The zero-order valence-corrected chi connectivity index (χ0v) is 10.3.